The number of aliphatic hydroxyl groups is 1. The standard InChI is InChI=1S/C77H136O5/c1-3-5-7-9-11-13-15-17-19-21-23-25-27-29-31-33-34-35-36-37-38-39-40-41-42-44-46-48-50-52-54-56-58-60-62-64-66-68-70-72-77(80)82-75(73-78)74-81-76(79)71-69-67-65-63-61-59-57-55-53-51-49-47-45-43-32-30-28-26-24-22-20-18-16-14-12-10-8-6-4-2/h5,7,11,13,17,19,23,25,29,31,34-35,37-38,40-41,75,78H,3-4,6,8-10,12,14-16,18,20-22,24,26-28,30,32-33,36,39,42-74H2,1-2H3/b7-5-,13-11-,19-17-,25-23-,31-29-,35-34-,38-37-,41-40-. The van der Waals surface area contributed by atoms with Crippen LogP contribution in [0.25, 0.3) is 0 Å². The number of carbonyl (C=O) groups excluding carboxylic acids is 2. The zero-order chi connectivity index (χ0) is 59.1. The second-order valence-electron chi connectivity index (χ2n) is 23.9. The fraction of sp³-hybridized carbons (Fsp3) is 0.766. The van der Waals surface area contributed by atoms with Crippen LogP contribution in [0.2, 0.25) is 0 Å². The lowest BCUT2D eigenvalue weighted by molar-refractivity contribution is -0.161. The van der Waals surface area contributed by atoms with E-state index in [0.29, 0.717) is 12.8 Å². The van der Waals surface area contributed by atoms with Crippen LogP contribution in [0.1, 0.15) is 361 Å². The van der Waals surface area contributed by atoms with Crippen molar-refractivity contribution in [2.45, 2.75) is 367 Å². The minimum atomic E-state index is -0.776. The fourth-order valence-corrected chi connectivity index (χ4v) is 10.6. The Labute approximate surface area is 510 Å². The summed E-state index contributed by atoms with van der Waals surface area (Å²) in [5.41, 5.74) is 0. The highest BCUT2D eigenvalue weighted by atomic mass is 16.6. The lowest BCUT2D eigenvalue weighted by atomic mass is 10.0. The zero-order valence-electron chi connectivity index (χ0n) is 54.5. The normalized spacial score (nSPS) is 12.8. The van der Waals surface area contributed by atoms with Crippen LogP contribution < -0.4 is 0 Å². The number of allylic oxidation sites excluding steroid dienone is 16. The van der Waals surface area contributed by atoms with Crippen LogP contribution in [0.4, 0.5) is 0 Å². The topological polar surface area (TPSA) is 72.8 Å². The smallest absolute Gasteiger partial charge is 0.306 e. The Hall–Kier alpha value is -3.18. The van der Waals surface area contributed by atoms with Crippen molar-refractivity contribution < 1.29 is 24.2 Å². The van der Waals surface area contributed by atoms with Gasteiger partial charge in [-0.1, -0.05) is 368 Å². The number of rotatable bonds is 66. The van der Waals surface area contributed by atoms with E-state index >= 15 is 0 Å². The van der Waals surface area contributed by atoms with Gasteiger partial charge in [0, 0.05) is 12.8 Å². The molecule has 0 amide bonds. The first-order valence-electron chi connectivity index (χ1n) is 35.8. The van der Waals surface area contributed by atoms with Crippen molar-refractivity contribution in [1.82, 2.24) is 0 Å². The predicted molar refractivity (Wildman–Crippen MR) is 362 cm³/mol. The molecule has 0 aliphatic heterocycles. The third-order valence-corrected chi connectivity index (χ3v) is 15.9. The van der Waals surface area contributed by atoms with Gasteiger partial charge in [0.1, 0.15) is 6.61 Å². The predicted octanol–water partition coefficient (Wildman–Crippen LogP) is 25.0. The average Bonchev–Trinajstić information content (AvgIpc) is 3.49. The maximum atomic E-state index is 12.4. The maximum absolute atomic E-state index is 12.4. The Morgan fingerprint density at radius 1 is 0.293 bits per heavy atom. The summed E-state index contributed by atoms with van der Waals surface area (Å²) in [7, 11) is 0. The van der Waals surface area contributed by atoms with E-state index < -0.39 is 6.10 Å². The molecule has 0 radical (unpaired) electrons. The molecule has 0 saturated heterocycles. The monoisotopic (exact) mass is 1140 g/mol. The second-order valence-corrected chi connectivity index (χ2v) is 23.9. The first kappa shape index (κ1) is 78.8. The van der Waals surface area contributed by atoms with E-state index in [1.165, 1.54) is 244 Å². The first-order chi connectivity index (χ1) is 40.6. The summed E-state index contributed by atoms with van der Waals surface area (Å²) in [6, 6.07) is 0. The van der Waals surface area contributed by atoms with E-state index in [0.717, 1.165) is 89.9 Å². The van der Waals surface area contributed by atoms with Crippen molar-refractivity contribution in [3.05, 3.63) is 97.2 Å². The summed E-state index contributed by atoms with van der Waals surface area (Å²) in [6.45, 7) is 4.07. The number of esters is 2. The number of aliphatic hydroxyl groups excluding tert-OH is 1. The van der Waals surface area contributed by atoms with Crippen molar-refractivity contribution >= 4 is 11.9 Å². The molecule has 1 unspecified atom stereocenters. The van der Waals surface area contributed by atoms with E-state index in [2.05, 4.69) is 111 Å². The van der Waals surface area contributed by atoms with E-state index in [9.17, 15) is 14.7 Å². The molecule has 82 heavy (non-hydrogen) atoms. The summed E-state index contributed by atoms with van der Waals surface area (Å²) < 4.78 is 10.8. The van der Waals surface area contributed by atoms with Crippen LogP contribution in [0.15, 0.2) is 97.2 Å². The Balaban J connectivity index is 3.46. The molecule has 1 N–H and O–H groups in total. The van der Waals surface area contributed by atoms with Gasteiger partial charge in [0.05, 0.1) is 6.61 Å². The van der Waals surface area contributed by atoms with Crippen LogP contribution in [-0.2, 0) is 19.1 Å². The fourth-order valence-electron chi connectivity index (χ4n) is 10.6. The summed E-state index contributed by atoms with van der Waals surface area (Å²) >= 11 is 0. The molecular weight excluding hydrogens is 1000 g/mol. The molecule has 0 aromatic heterocycles. The third-order valence-electron chi connectivity index (χ3n) is 15.9. The highest BCUT2D eigenvalue weighted by Crippen LogP contribution is 2.18. The highest BCUT2D eigenvalue weighted by Gasteiger charge is 2.16. The van der Waals surface area contributed by atoms with Crippen molar-refractivity contribution in [2.75, 3.05) is 13.2 Å². The number of carbonyl (C=O) groups is 2. The molecule has 1 atom stereocenters. The first-order valence-corrected chi connectivity index (χ1v) is 35.8. The summed E-state index contributed by atoms with van der Waals surface area (Å²) in [5.74, 6) is -0.576. The maximum Gasteiger partial charge on any atom is 0.306 e. The van der Waals surface area contributed by atoms with Gasteiger partial charge in [-0.3, -0.25) is 9.59 Å². The number of hydrogen-bond donors (Lipinski definition) is 1. The molecule has 474 valence electrons. The Bertz CT molecular complexity index is 1530. The average molecular weight is 1140 g/mol. The molecule has 0 aliphatic carbocycles. The molecule has 0 aliphatic rings. The van der Waals surface area contributed by atoms with Crippen LogP contribution in [0.5, 0.6) is 0 Å². The van der Waals surface area contributed by atoms with Gasteiger partial charge < -0.3 is 14.6 Å². The minimum absolute atomic E-state index is 0.0642. The molecular formula is C77H136O5. The van der Waals surface area contributed by atoms with Gasteiger partial charge in [-0.2, -0.15) is 0 Å². The van der Waals surface area contributed by atoms with E-state index in [1.807, 2.05) is 0 Å². The molecule has 5 heteroatoms. The zero-order valence-corrected chi connectivity index (χ0v) is 54.5. The molecule has 0 fully saturated rings. The van der Waals surface area contributed by atoms with Gasteiger partial charge in [0.25, 0.3) is 0 Å². The largest absolute Gasteiger partial charge is 0.462 e. The number of ether oxygens (including phenoxy) is 2. The molecule has 0 spiro atoms. The van der Waals surface area contributed by atoms with Crippen molar-refractivity contribution in [2.24, 2.45) is 0 Å². The Kier molecular flexibility index (Phi) is 69.3. The van der Waals surface area contributed by atoms with Gasteiger partial charge in [-0.15, -0.1) is 0 Å². The van der Waals surface area contributed by atoms with Gasteiger partial charge in [0.15, 0.2) is 6.10 Å². The van der Waals surface area contributed by atoms with Crippen molar-refractivity contribution in [1.29, 1.82) is 0 Å². The molecule has 0 rings (SSSR count). The van der Waals surface area contributed by atoms with Gasteiger partial charge >= 0.3 is 11.9 Å². The molecule has 0 saturated carbocycles. The molecule has 0 aromatic rings. The third kappa shape index (κ3) is 69.3. The lowest BCUT2D eigenvalue weighted by Crippen LogP contribution is -2.28. The quantitative estimate of drug-likeness (QED) is 0.0373. The molecule has 0 aromatic carbocycles. The summed E-state index contributed by atoms with van der Waals surface area (Å²) in [5, 5.41) is 9.71. The van der Waals surface area contributed by atoms with Gasteiger partial charge in [-0.05, 0) is 77.0 Å². The molecule has 0 heterocycles. The van der Waals surface area contributed by atoms with Gasteiger partial charge in [-0.25, -0.2) is 0 Å². The lowest BCUT2D eigenvalue weighted by Gasteiger charge is -2.15. The minimum Gasteiger partial charge on any atom is -0.462 e. The summed E-state index contributed by atoms with van der Waals surface area (Å²) in [4.78, 5) is 24.7. The van der Waals surface area contributed by atoms with Crippen LogP contribution >= 0.6 is 0 Å². The highest BCUT2D eigenvalue weighted by molar-refractivity contribution is 5.70. The van der Waals surface area contributed by atoms with Crippen molar-refractivity contribution in [3.63, 3.8) is 0 Å². The van der Waals surface area contributed by atoms with Crippen LogP contribution in [0, 0.1) is 0 Å². The second kappa shape index (κ2) is 72.1. The van der Waals surface area contributed by atoms with E-state index in [1.54, 1.807) is 0 Å². The molecule has 0 bridgehead atoms. The van der Waals surface area contributed by atoms with Crippen LogP contribution in [-0.4, -0.2) is 36.4 Å². The number of unbranched alkanes of at least 4 members (excludes halogenated alkanes) is 42. The SMILES string of the molecule is CC/C=C\C/C=C\C/C=C\C/C=C\C/C=C\C/C=C\C/C=C\C/C=C\CCCCCCCCCCCCCCCCC(=O)OC(CO)COC(=O)CCCCCCCCCCCCCCCCCCCCCCCCCCCCCCC. The van der Waals surface area contributed by atoms with Gasteiger partial charge in [0.2, 0.25) is 0 Å². The molecule has 5 nitrogen and oxygen atoms in total. The summed E-state index contributed by atoms with van der Waals surface area (Å²) in [6.07, 6.45) is 103. The van der Waals surface area contributed by atoms with Crippen molar-refractivity contribution in [3.8, 4) is 0 Å². The van der Waals surface area contributed by atoms with E-state index in [4.69, 9.17) is 9.47 Å². The Morgan fingerprint density at radius 3 is 0.793 bits per heavy atom. The Morgan fingerprint density at radius 2 is 0.524 bits per heavy atom. The van der Waals surface area contributed by atoms with E-state index in [-0.39, 0.29) is 25.2 Å². The van der Waals surface area contributed by atoms with Crippen LogP contribution in [0.3, 0.4) is 0 Å². The number of hydrogen-bond acceptors (Lipinski definition) is 5.